The van der Waals surface area contributed by atoms with Crippen molar-refractivity contribution in [3.63, 3.8) is 0 Å². The van der Waals surface area contributed by atoms with Crippen LogP contribution in [0.15, 0.2) is 0 Å². The quantitative estimate of drug-likeness (QED) is 0.599. The minimum atomic E-state index is 0. The molecule has 0 aromatic carbocycles. The van der Waals surface area contributed by atoms with Gasteiger partial charge in [-0.1, -0.05) is 0 Å². The molecule has 4 bridgehead atoms. The number of halogens is 2. The van der Waals surface area contributed by atoms with Crippen LogP contribution < -0.4 is 0 Å². The van der Waals surface area contributed by atoms with Crippen molar-refractivity contribution in [1.82, 2.24) is 0 Å². The van der Waals surface area contributed by atoms with Gasteiger partial charge >= 0.3 is 79.4 Å². The molecule has 0 radical (unpaired) electrons. The van der Waals surface area contributed by atoms with Crippen LogP contribution in [0.2, 0.25) is 4.39 Å². The van der Waals surface area contributed by atoms with Crippen LogP contribution in [0.5, 0.6) is 0 Å². The molecule has 0 nitrogen and oxygen atoms in total. The van der Waals surface area contributed by atoms with Crippen molar-refractivity contribution in [2.45, 2.75) is 36.5 Å². The van der Waals surface area contributed by atoms with Gasteiger partial charge in [0.15, 0.2) is 0 Å². The first-order valence-electron chi connectivity index (χ1n) is 4.93. The molecule has 4 saturated carbocycles. The van der Waals surface area contributed by atoms with Gasteiger partial charge in [0.25, 0.3) is 0 Å². The van der Waals surface area contributed by atoms with Gasteiger partial charge in [-0.25, -0.2) is 0 Å². The summed E-state index contributed by atoms with van der Waals surface area (Å²) in [6.07, 6.45) is 7.80. The van der Waals surface area contributed by atoms with Crippen molar-refractivity contribution >= 4 is 24.8 Å². The molecule has 0 N–H and O–H groups in total. The molecule has 0 spiro atoms. The summed E-state index contributed by atoms with van der Waals surface area (Å²) in [5, 5.41) is 0. The normalized spacial score (nSPS) is 51.1. The summed E-state index contributed by atoms with van der Waals surface area (Å²) in [7, 11) is 0. The first kappa shape index (κ1) is 12.3. The second-order valence-electron chi connectivity index (χ2n) is 4.83. The molecule has 0 atom stereocenters. The third-order valence-electron chi connectivity index (χ3n) is 4.05. The topological polar surface area (TPSA) is 0 Å². The van der Waals surface area contributed by atoms with Gasteiger partial charge < -0.3 is 0 Å². The second-order valence-corrected chi connectivity index (χ2v) is 5.87. The standard InChI is InChI=1S/C10H15.2ClH.Pd/c1-7-2-9-4-8(1)5-10(3-7)6-9;;;/h1,7-10H,2-6H2;2*1H;. The Kier molecular flexibility index (Phi) is 4.17. The molecule has 0 aromatic heterocycles. The maximum atomic E-state index is 3.61. The first-order chi connectivity index (χ1) is 5.33. The molecule has 4 fully saturated rings. The Bertz CT molecular complexity index is 156. The summed E-state index contributed by atoms with van der Waals surface area (Å²) >= 11 is 3.61. The Morgan fingerprint density at radius 2 is 1.08 bits per heavy atom. The van der Waals surface area contributed by atoms with Crippen LogP contribution in [0.25, 0.3) is 0 Å². The third-order valence-corrected chi connectivity index (χ3v) is 5.52. The molecule has 0 aliphatic heterocycles. The second kappa shape index (κ2) is 4.40. The van der Waals surface area contributed by atoms with Gasteiger partial charge in [-0.2, -0.15) is 0 Å². The fourth-order valence-corrected chi connectivity index (χ4v) is 4.67. The molecule has 0 amide bonds. The average molecular weight is 315 g/mol. The van der Waals surface area contributed by atoms with Gasteiger partial charge in [-0.3, -0.25) is 0 Å². The summed E-state index contributed by atoms with van der Waals surface area (Å²) in [6, 6.07) is 0. The predicted octanol–water partition coefficient (Wildman–Crippen LogP) is 3.62. The van der Waals surface area contributed by atoms with Crippen molar-refractivity contribution in [2.24, 2.45) is 23.7 Å². The fraction of sp³-hybridized carbons (Fsp3) is 1.00. The fourth-order valence-electron chi connectivity index (χ4n) is 3.83. The van der Waals surface area contributed by atoms with Gasteiger partial charge in [0.2, 0.25) is 0 Å². The average Bonchev–Trinajstić information content (AvgIpc) is 1.98. The zero-order chi connectivity index (χ0) is 7.42. The predicted molar refractivity (Wildman–Crippen MR) is 55.3 cm³/mol. The molecule has 4 aliphatic rings. The molecule has 3 heteroatoms. The van der Waals surface area contributed by atoms with E-state index in [1.165, 1.54) is 0 Å². The SMILES string of the molecule is Cl.Cl.[Pd][CH]1C2CC3CC(C2)CC1C3. The Hall–Kier alpha value is 1.24. The van der Waals surface area contributed by atoms with Gasteiger partial charge in [-0.15, -0.1) is 24.8 Å². The van der Waals surface area contributed by atoms with Crippen molar-refractivity contribution in [1.29, 1.82) is 0 Å². The molecule has 4 rings (SSSR count). The summed E-state index contributed by atoms with van der Waals surface area (Å²) in [5.74, 6) is 4.43. The van der Waals surface area contributed by atoms with E-state index >= 15 is 0 Å². The zero-order valence-electron chi connectivity index (χ0n) is 7.56. The van der Waals surface area contributed by atoms with Crippen molar-refractivity contribution in [3.8, 4) is 0 Å². The van der Waals surface area contributed by atoms with Crippen LogP contribution in [0.3, 0.4) is 0 Å². The van der Waals surface area contributed by atoms with E-state index in [1.54, 1.807) is 32.1 Å². The summed E-state index contributed by atoms with van der Waals surface area (Å²) in [5.41, 5.74) is 0. The Balaban J connectivity index is 0.000000422. The van der Waals surface area contributed by atoms with Crippen molar-refractivity contribution in [3.05, 3.63) is 0 Å². The molecule has 0 aromatic rings. The molecule has 0 unspecified atom stereocenters. The summed E-state index contributed by atoms with van der Waals surface area (Å²) < 4.78 is 0.936. The Labute approximate surface area is 104 Å². The monoisotopic (exact) mass is 313 g/mol. The van der Waals surface area contributed by atoms with E-state index in [4.69, 9.17) is 0 Å². The van der Waals surface area contributed by atoms with Gasteiger partial charge in [-0.05, 0) is 0 Å². The van der Waals surface area contributed by atoms with E-state index in [2.05, 4.69) is 19.2 Å². The van der Waals surface area contributed by atoms with Gasteiger partial charge in [0.05, 0.1) is 0 Å². The van der Waals surface area contributed by atoms with Gasteiger partial charge in [0.1, 0.15) is 0 Å². The van der Waals surface area contributed by atoms with E-state index in [0.717, 1.165) is 28.1 Å². The Morgan fingerprint density at radius 1 is 0.692 bits per heavy atom. The van der Waals surface area contributed by atoms with Crippen LogP contribution in [0.1, 0.15) is 32.1 Å². The maximum absolute atomic E-state index is 3.61. The molecule has 0 heterocycles. The van der Waals surface area contributed by atoms with Crippen molar-refractivity contribution < 1.29 is 19.2 Å². The molecular weight excluding hydrogens is 297 g/mol. The first-order valence-corrected chi connectivity index (χ1v) is 5.83. The van der Waals surface area contributed by atoms with Gasteiger partial charge in [0, 0.05) is 0 Å². The summed E-state index contributed by atoms with van der Waals surface area (Å²) in [6.45, 7) is 0. The van der Waals surface area contributed by atoms with E-state index in [9.17, 15) is 0 Å². The van der Waals surface area contributed by atoms with E-state index < -0.39 is 0 Å². The van der Waals surface area contributed by atoms with Crippen LogP contribution in [-0.2, 0) is 19.2 Å². The number of hydrogen-bond acceptors (Lipinski definition) is 0. The van der Waals surface area contributed by atoms with Crippen LogP contribution in [-0.4, -0.2) is 0 Å². The molecule has 13 heavy (non-hydrogen) atoms. The third kappa shape index (κ3) is 1.96. The molecule has 81 valence electrons. The van der Waals surface area contributed by atoms with E-state index in [1.807, 2.05) is 0 Å². The summed E-state index contributed by atoms with van der Waals surface area (Å²) in [4.78, 5) is 0. The number of hydrogen-bond donors (Lipinski definition) is 0. The van der Waals surface area contributed by atoms with Crippen molar-refractivity contribution in [2.75, 3.05) is 0 Å². The number of rotatable bonds is 0. The Morgan fingerprint density at radius 3 is 1.46 bits per heavy atom. The van der Waals surface area contributed by atoms with Crippen LogP contribution in [0, 0.1) is 23.7 Å². The molecule has 0 saturated heterocycles. The molecular formula is C10H17Cl2Pd. The van der Waals surface area contributed by atoms with E-state index in [0.29, 0.717) is 0 Å². The van der Waals surface area contributed by atoms with E-state index in [-0.39, 0.29) is 24.8 Å². The zero-order valence-corrected chi connectivity index (χ0v) is 10.7. The molecule has 4 aliphatic carbocycles. The minimum absolute atomic E-state index is 0. The van der Waals surface area contributed by atoms with Crippen LogP contribution in [0.4, 0.5) is 0 Å². The van der Waals surface area contributed by atoms with Crippen LogP contribution >= 0.6 is 24.8 Å².